The molecule has 0 atom stereocenters. The second-order valence-electron chi connectivity index (χ2n) is 3.85. The summed E-state index contributed by atoms with van der Waals surface area (Å²) in [5.74, 6) is -0.624. The highest BCUT2D eigenvalue weighted by Crippen LogP contribution is 2.15. The number of benzene rings is 1. The smallest absolute Gasteiger partial charge is 0.239 e. The van der Waals surface area contributed by atoms with E-state index in [1.807, 2.05) is 6.92 Å². The van der Waals surface area contributed by atoms with Crippen LogP contribution in [0.2, 0.25) is 0 Å². The number of hydrogen-bond acceptors (Lipinski definition) is 4. The van der Waals surface area contributed by atoms with Crippen molar-refractivity contribution >= 4 is 21.4 Å². The van der Waals surface area contributed by atoms with Crippen molar-refractivity contribution in [1.29, 1.82) is 0 Å². The Morgan fingerprint density at radius 2 is 2.00 bits per heavy atom. The molecule has 0 radical (unpaired) electrons. The van der Waals surface area contributed by atoms with Crippen LogP contribution in [-0.4, -0.2) is 32.4 Å². The minimum atomic E-state index is -3.42. The fourth-order valence-corrected chi connectivity index (χ4v) is 2.39. The van der Waals surface area contributed by atoms with Gasteiger partial charge < -0.3 is 10.1 Å². The summed E-state index contributed by atoms with van der Waals surface area (Å²) in [5.41, 5.74) is 0.530. The molecular formula is C13H17NO4S. The van der Waals surface area contributed by atoms with Crippen molar-refractivity contribution in [1.82, 2.24) is 0 Å². The normalized spacial score (nSPS) is 10.8. The zero-order chi connectivity index (χ0) is 14.3. The summed E-state index contributed by atoms with van der Waals surface area (Å²) in [5, 5.41) is 2.52. The van der Waals surface area contributed by atoms with Gasteiger partial charge in [0.15, 0.2) is 9.84 Å². The minimum Gasteiger partial charge on any atom is -0.494 e. The first-order chi connectivity index (χ1) is 8.96. The molecule has 1 amide bonds. The van der Waals surface area contributed by atoms with Crippen molar-refractivity contribution in [3.63, 3.8) is 0 Å². The highest BCUT2D eigenvalue weighted by molar-refractivity contribution is 7.92. The molecule has 0 spiro atoms. The summed E-state index contributed by atoms with van der Waals surface area (Å²) < 4.78 is 28.1. The lowest BCUT2D eigenvalue weighted by Gasteiger charge is -2.07. The van der Waals surface area contributed by atoms with E-state index in [9.17, 15) is 13.2 Å². The van der Waals surface area contributed by atoms with E-state index in [2.05, 4.69) is 11.9 Å². The molecule has 1 aromatic carbocycles. The molecule has 104 valence electrons. The van der Waals surface area contributed by atoms with Gasteiger partial charge in [-0.3, -0.25) is 4.79 Å². The molecule has 5 nitrogen and oxygen atoms in total. The maximum absolute atomic E-state index is 11.6. The molecule has 0 saturated carbocycles. The van der Waals surface area contributed by atoms with Gasteiger partial charge in [-0.1, -0.05) is 6.08 Å². The minimum absolute atomic E-state index is 0.205. The molecule has 6 heteroatoms. The van der Waals surface area contributed by atoms with Crippen LogP contribution in [0.4, 0.5) is 5.69 Å². The summed E-state index contributed by atoms with van der Waals surface area (Å²) in [4.78, 5) is 11.6. The average Bonchev–Trinajstić information content (AvgIpc) is 2.31. The van der Waals surface area contributed by atoms with E-state index in [-0.39, 0.29) is 5.75 Å². The third kappa shape index (κ3) is 5.56. The van der Waals surface area contributed by atoms with Gasteiger partial charge in [0.1, 0.15) is 11.5 Å². The summed E-state index contributed by atoms with van der Waals surface area (Å²) in [7, 11) is -3.42. The van der Waals surface area contributed by atoms with Crippen LogP contribution in [0.5, 0.6) is 5.75 Å². The lowest BCUT2D eigenvalue weighted by Crippen LogP contribution is -2.24. The van der Waals surface area contributed by atoms with Gasteiger partial charge in [-0.15, -0.1) is 6.58 Å². The third-order valence-corrected chi connectivity index (χ3v) is 3.62. The van der Waals surface area contributed by atoms with E-state index in [0.717, 1.165) is 0 Å². The van der Waals surface area contributed by atoms with Gasteiger partial charge in [-0.05, 0) is 31.2 Å². The molecular weight excluding hydrogens is 266 g/mol. The monoisotopic (exact) mass is 283 g/mol. The highest BCUT2D eigenvalue weighted by atomic mass is 32.2. The summed E-state index contributed by atoms with van der Waals surface area (Å²) in [6, 6.07) is 6.72. The Labute approximate surface area is 113 Å². The Kier molecular flexibility index (Phi) is 5.57. The van der Waals surface area contributed by atoms with Crippen molar-refractivity contribution in [3.05, 3.63) is 36.9 Å². The molecule has 0 aromatic heterocycles. The Morgan fingerprint density at radius 1 is 1.37 bits per heavy atom. The van der Waals surface area contributed by atoms with Gasteiger partial charge >= 0.3 is 0 Å². The van der Waals surface area contributed by atoms with Gasteiger partial charge in [0.25, 0.3) is 0 Å². The van der Waals surface area contributed by atoms with E-state index >= 15 is 0 Å². The average molecular weight is 283 g/mol. The van der Waals surface area contributed by atoms with Crippen LogP contribution >= 0.6 is 0 Å². The Bertz CT molecular complexity index is 534. The molecule has 19 heavy (non-hydrogen) atoms. The Balaban J connectivity index is 2.59. The number of carbonyl (C=O) groups is 1. The first-order valence-electron chi connectivity index (χ1n) is 5.81. The van der Waals surface area contributed by atoms with Gasteiger partial charge in [0.2, 0.25) is 5.91 Å². The van der Waals surface area contributed by atoms with E-state index in [4.69, 9.17) is 4.74 Å². The lowest BCUT2D eigenvalue weighted by molar-refractivity contribution is -0.113. The SMILES string of the molecule is C=CCS(=O)(=O)CC(=O)Nc1ccc(OCC)cc1. The van der Waals surface area contributed by atoms with Crippen molar-refractivity contribution in [2.24, 2.45) is 0 Å². The standard InChI is InChI=1S/C13H17NO4S/c1-3-9-19(16,17)10-13(15)14-11-5-7-12(8-6-11)18-4-2/h3,5-8H,1,4,9-10H2,2H3,(H,14,15). The van der Waals surface area contributed by atoms with Crippen LogP contribution in [-0.2, 0) is 14.6 Å². The second kappa shape index (κ2) is 6.94. The number of nitrogens with one attached hydrogen (secondary N) is 1. The van der Waals surface area contributed by atoms with Crippen molar-refractivity contribution in [2.75, 3.05) is 23.4 Å². The van der Waals surface area contributed by atoms with E-state index in [0.29, 0.717) is 18.0 Å². The van der Waals surface area contributed by atoms with Crippen LogP contribution in [0.3, 0.4) is 0 Å². The lowest BCUT2D eigenvalue weighted by atomic mass is 10.3. The van der Waals surface area contributed by atoms with Crippen molar-refractivity contribution in [2.45, 2.75) is 6.92 Å². The summed E-state index contributed by atoms with van der Waals surface area (Å²) in [6.45, 7) is 5.78. The number of sulfone groups is 1. The maximum Gasteiger partial charge on any atom is 0.239 e. The maximum atomic E-state index is 11.6. The quantitative estimate of drug-likeness (QED) is 0.772. The molecule has 0 saturated heterocycles. The number of rotatable bonds is 7. The first kappa shape index (κ1) is 15.2. The molecule has 0 aliphatic carbocycles. The van der Waals surface area contributed by atoms with Crippen molar-refractivity contribution in [3.8, 4) is 5.75 Å². The largest absolute Gasteiger partial charge is 0.494 e. The van der Waals surface area contributed by atoms with Gasteiger partial charge in [-0.25, -0.2) is 8.42 Å². The molecule has 0 aliphatic heterocycles. The van der Waals surface area contributed by atoms with Gasteiger partial charge in [0, 0.05) is 5.69 Å². The Hall–Kier alpha value is -1.82. The van der Waals surface area contributed by atoms with E-state index in [1.54, 1.807) is 24.3 Å². The van der Waals surface area contributed by atoms with Gasteiger partial charge in [0.05, 0.1) is 12.4 Å². The topological polar surface area (TPSA) is 72.5 Å². The Morgan fingerprint density at radius 3 is 2.53 bits per heavy atom. The molecule has 0 fully saturated rings. The number of ether oxygens (including phenoxy) is 1. The fourth-order valence-electron chi connectivity index (χ4n) is 1.44. The first-order valence-corrected chi connectivity index (χ1v) is 7.63. The number of carbonyl (C=O) groups excluding carboxylic acids is 1. The van der Waals surface area contributed by atoms with E-state index < -0.39 is 21.5 Å². The molecule has 0 bridgehead atoms. The highest BCUT2D eigenvalue weighted by Gasteiger charge is 2.14. The number of hydrogen-bond donors (Lipinski definition) is 1. The van der Waals surface area contributed by atoms with Crippen LogP contribution < -0.4 is 10.1 Å². The molecule has 0 unspecified atom stereocenters. The molecule has 0 heterocycles. The zero-order valence-electron chi connectivity index (χ0n) is 10.8. The summed E-state index contributed by atoms with van der Waals surface area (Å²) >= 11 is 0. The van der Waals surface area contributed by atoms with Gasteiger partial charge in [-0.2, -0.15) is 0 Å². The summed E-state index contributed by atoms with van der Waals surface area (Å²) in [6.07, 6.45) is 1.26. The van der Waals surface area contributed by atoms with Crippen LogP contribution in [0.25, 0.3) is 0 Å². The number of anilines is 1. The molecule has 1 rings (SSSR count). The van der Waals surface area contributed by atoms with Crippen LogP contribution in [0.1, 0.15) is 6.92 Å². The molecule has 0 aliphatic rings. The predicted molar refractivity (Wildman–Crippen MR) is 75.1 cm³/mol. The van der Waals surface area contributed by atoms with Crippen molar-refractivity contribution < 1.29 is 17.9 Å². The third-order valence-electron chi connectivity index (χ3n) is 2.17. The predicted octanol–water partition coefficient (Wildman–Crippen LogP) is 1.62. The zero-order valence-corrected chi connectivity index (χ0v) is 11.6. The van der Waals surface area contributed by atoms with E-state index in [1.165, 1.54) is 6.08 Å². The second-order valence-corrected chi connectivity index (χ2v) is 5.96. The number of amides is 1. The fraction of sp³-hybridized carbons (Fsp3) is 0.308. The molecule has 1 N–H and O–H groups in total. The van der Waals surface area contributed by atoms with Crippen LogP contribution in [0.15, 0.2) is 36.9 Å². The molecule has 1 aromatic rings. The van der Waals surface area contributed by atoms with Crippen LogP contribution in [0, 0.1) is 0 Å².